The van der Waals surface area contributed by atoms with Crippen molar-refractivity contribution in [3.63, 3.8) is 0 Å². The molecule has 0 aromatic carbocycles. The second-order valence-corrected chi connectivity index (χ2v) is 5.19. The molecule has 1 N–H and O–H groups in total. The van der Waals surface area contributed by atoms with E-state index in [4.69, 9.17) is 5.11 Å². The lowest BCUT2D eigenvalue weighted by molar-refractivity contribution is -0.131. The molecule has 0 saturated carbocycles. The summed E-state index contributed by atoms with van der Waals surface area (Å²) in [5.74, 6) is -1.41. The number of aliphatic carboxylic acids is 1. The van der Waals surface area contributed by atoms with Crippen molar-refractivity contribution in [1.29, 1.82) is 0 Å². The summed E-state index contributed by atoms with van der Waals surface area (Å²) in [6.07, 6.45) is 1.90. The second kappa shape index (κ2) is 4.52. The normalized spacial score (nSPS) is 10.7. The highest BCUT2D eigenvalue weighted by Crippen LogP contribution is 2.26. The highest BCUT2D eigenvalue weighted by Gasteiger charge is 2.09. The molecule has 0 atom stereocenters. The van der Waals surface area contributed by atoms with Gasteiger partial charge in [0.05, 0.1) is 3.79 Å². The van der Waals surface area contributed by atoms with E-state index in [2.05, 4.69) is 15.9 Å². The van der Waals surface area contributed by atoms with Gasteiger partial charge in [-0.05, 0) is 35.0 Å². The fourth-order valence-electron chi connectivity index (χ4n) is 0.927. The summed E-state index contributed by atoms with van der Waals surface area (Å²) in [5.41, 5.74) is 0.541. The molecular formula is C9H7BrO3S. The van der Waals surface area contributed by atoms with Crippen LogP contribution >= 0.6 is 27.3 Å². The number of carboxylic acid groups (broad SMARTS) is 1. The van der Waals surface area contributed by atoms with Crippen LogP contribution in [0.1, 0.15) is 15.2 Å². The number of hydrogen-bond donors (Lipinski definition) is 1. The van der Waals surface area contributed by atoms with Crippen LogP contribution in [0.5, 0.6) is 0 Å². The Morgan fingerprint density at radius 2 is 2.14 bits per heavy atom. The Bertz CT molecular complexity index is 406. The first-order chi connectivity index (χ1) is 6.50. The molecule has 0 aliphatic carbocycles. The van der Waals surface area contributed by atoms with E-state index >= 15 is 0 Å². The first-order valence-electron chi connectivity index (χ1n) is 3.72. The van der Waals surface area contributed by atoms with Crippen molar-refractivity contribution in [2.45, 2.75) is 6.92 Å². The van der Waals surface area contributed by atoms with Crippen LogP contribution in [-0.4, -0.2) is 16.9 Å². The van der Waals surface area contributed by atoms with E-state index in [1.165, 1.54) is 11.3 Å². The van der Waals surface area contributed by atoms with E-state index in [1.807, 2.05) is 6.92 Å². The molecule has 3 nitrogen and oxygen atoms in total. The monoisotopic (exact) mass is 274 g/mol. The van der Waals surface area contributed by atoms with Crippen LogP contribution in [-0.2, 0) is 4.79 Å². The van der Waals surface area contributed by atoms with Crippen LogP contribution in [0.2, 0.25) is 0 Å². The number of carbonyl (C=O) groups excluding carboxylic acids is 1. The minimum Gasteiger partial charge on any atom is -0.478 e. The van der Waals surface area contributed by atoms with E-state index in [1.54, 1.807) is 6.07 Å². The van der Waals surface area contributed by atoms with Gasteiger partial charge in [-0.25, -0.2) is 4.79 Å². The molecule has 0 aliphatic heterocycles. The molecule has 14 heavy (non-hydrogen) atoms. The van der Waals surface area contributed by atoms with Gasteiger partial charge in [-0.2, -0.15) is 0 Å². The molecular weight excluding hydrogens is 268 g/mol. The van der Waals surface area contributed by atoms with Crippen molar-refractivity contribution in [2.75, 3.05) is 0 Å². The van der Waals surface area contributed by atoms with Crippen molar-refractivity contribution >= 4 is 39.0 Å². The highest BCUT2D eigenvalue weighted by molar-refractivity contribution is 9.11. The highest BCUT2D eigenvalue weighted by atomic mass is 79.9. The smallest absolute Gasteiger partial charge is 0.328 e. The Labute approximate surface area is 93.2 Å². The molecule has 74 valence electrons. The second-order valence-electron chi connectivity index (χ2n) is 2.56. The molecule has 1 aromatic rings. The quantitative estimate of drug-likeness (QED) is 0.681. The Morgan fingerprint density at radius 3 is 2.57 bits per heavy atom. The summed E-state index contributed by atoms with van der Waals surface area (Å²) in [4.78, 5) is 22.5. The number of thiophene rings is 1. The zero-order valence-electron chi connectivity index (χ0n) is 7.28. The molecule has 0 fully saturated rings. The summed E-state index contributed by atoms with van der Waals surface area (Å²) in [5, 5.41) is 8.34. The number of rotatable bonds is 3. The predicted octanol–water partition coefficient (Wildman–Crippen LogP) is 2.64. The molecule has 0 aliphatic rings. The minimum atomic E-state index is -1.12. The topological polar surface area (TPSA) is 54.4 Å². The maximum absolute atomic E-state index is 11.4. The Balaban J connectivity index is 2.90. The number of allylic oxidation sites excluding steroid dienone is 1. The van der Waals surface area contributed by atoms with Crippen LogP contribution in [0.15, 0.2) is 22.0 Å². The molecule has 0 spiro atoms. The van der Waals surface area contributed by atoms with Gasteiger partial charge in [0, 0.05) is 16.5 Å². The number of carbonyl (C=O) groups is 2. The van der Waals surface area contributed by atoms with Crippen molar-refractivity contribution in [2.24, 2.45) is 0 Å². The summed E-state index contributed by atoms with van der Waals surface area (Å²) in [7, 11) is 0. The van der Waals surface area contributed by atoms with E-state index in [0.29, 0.717) is 5.56 Å². The van der Waals surface area contributed by atoms with Crippen LogP contribution < -0.4 is 0 Å². The largest absolute Gasteiger partial charge is 0.478 e. The molecule has 0 saturated heterocycles. The van der Waals surface area contributed by atoms with Gasteiger partial charge in [-0.15, -0.1) is 11.3 Å². The third kappa shape index (κ3) is 2.78. The lowest BCUT2D eigenvalue weighted by atomic mass is 10.1. The predicted molar refractivity (Wildman–Crippen MR) is 57.9 cm³/mol. The SMILES string of the molecule is Cc1sc(Br)cc1C(=O)C=CC(=O)O. The lowest BCUT2D eigenvalue weighted by Gasteiger charge is -1.90. The van der Waals surface area contributed by atoms with Gasteiger partial charge in [0.1, 0.15) is 0 Å². The number of ketones is 1. The number of carboxylic acids is 1. The third-order valence-corrected chi connectivity index (χ3v) is 3.08. The Kier molecular flexibility index (Phi) is 3.60. The van der Waals surface area contributed by atoms with Gasteiger partial charge in [0.2, 0.25) is 0 Å². The first kappa shape index (κ1) is 11.1. The van der Waals surface area contributed by atoms with Crippen molar-refractivity contribution < 1.29 is 14.7 Å². The van der Waals surface area contributed by atoms with Gasteiger partial charge in [0.25, 0.3) is 0 Å². The fourth-order valence-corrected chi connectivity index (χ4v) is 2.62. The summed E-state index contributed by atoms with van der Waals surface area (Å²) in [6, 6.07) is 1.69. The molecule has 5 heteroatoms. The van der Waals surface area contributed by atoms with Crippen molar-refractivity contribution in [3.8, 4) is 0 Å². The van der Waals surface area contributed by atoms with E-state index in [0.717, 1.165) is 20.8 Å². The molecule has 1 aromatic heterocycles. The first-order valence-corrected chi connectivity index (χ1v) is 5.33. The Hall–Kier alpha value is -0.940. The zero-order valence-corrected chi connectivity index (χ0v) is 9.68. The average Bonchev–Trinajstić information content (AvgIpc) is 2.41. The van der Waals surface area contributed by atoms with Gasteiger partial charge < -0.3 is 5.11 Å². The van der Waals surface area contributed by atoms with Crippen LogP contribution in [0.25, 0.3) is 0 Å². The maximum Gasteiger partial charge on any atom is 0.328 e. The van der Waals surface area contributed by atoms with E-state index in [9.17, 15) is 9.59 Å². The van der Waals surface area contributed by atoms with E-state index in [-0.39, 0.29) is 5.78 Å². The van der Waals surface area contributed by atoms with Crippen molar-refractivity contribution in [1.82, 2.24) is 0 Å². The summed E-state index contributed by atoms with van der Waals surface area (Å²) >= 11 is 4.70. The molecule has 1 heterocycles. The van der Waals surface area contributed by atoms with E-state index < -0.39 is 5.97 Å². The molecule has 0 unspecified atom stereocenters. The number of hydrogen-bond acceptors (Lipinski definition) is 3. The van der Waals surface area contributed by atoms with Gasteiger partial charge in [-0.1, -0.05) is 0 Å². The summed E-state index contributed by atoms with van der Waals surface area (Å²) < 4.78 is 0.863. The Morgan fingerprint density at radius 1 is 1.50 bits per heavy atom. The molecule has 1 rings (SSSR count). The number of halogens is 1. The van der Waals surface area contributed by atoms with Crippen LogP contribution in [0.3, 0.4) is 0 Å². The zero-order chi connectivity index (χ0) is 10.7. The minimum absolute atomic E-state index is 0.285. The number of aryl methyl sites for hydroxylation is 1. The molecule has 0 radical (unpaired) electrons. The lowest BCUT2D eigenvalue weighted by Crippen LogP contribution is -1.96. The van der Waals surface area contributed by atoms with Gasteiger partial charge in [0.15, 0.2) is 5.78 Å². The van der Waals surface area contributed by atoms with Gasteiger partial charge in [-0.3, -0.25) is 4.79 Å². The fraction of sp³-hybridized carbons (Fsp3) is 0.111. The average molecular weight is 275 g/mol. The maximum atomic E-state index is 11.4. The third-order valence-electron chi connectivity index (χ3n) is 1.53. The molecule has 0 bridgehead atoms. The molecule has 0 amide bonds. The standard InChI is InChI=1S/C9H7BrO3S/c1-5-6(4-8(10)14-5)7(11)2-3-9(12)13/h2-4H,1H3,(H,12,13). The van der Waals surface area contributed by atoms with Gasteiger partial charge >= 0.3 is 5.97 Å². The summed E-state index contributed by atoms with van der Waals surface area (Å²) in [6.45, 7) is 1.82. The van der Waals surface area contributed by atoms with Crippen LogP contribution in [0.4, 0.5) is 0 Å². The van der Waals surface area contributed by atoms with Crippen LogP contribution in [0, 0.1) is 6.92 Å². The van der Waals surface area contributed by atoms with Crippen molar-refractivity contribution in [3.05, 3.63) is 32.4 Å².